The van der Waals surface area contributed by atoms with Gasteiger partial charge in [0.05, 0.1) is 0 Å². The molecule has 1 aromatic rings. The molecule has 5 nitrogen and oxygen atoms in total. The van der Waals surface area contributed by atoms with Crippen LogP contribution >= 0.6 is 0 Å². The van der Waals surface area contributed by atoms with Gasteiger partial charge in [-0.2, -0.15) is 0 Å². The molecule has 0 spiro atoms. The van der Waals surface area contributed by atoms with Crippen LogP contribution in [0.25, 0.3) is 0 Å². The molecule has 5 heteroatoms. The first-order valence-electron chi connectivity index (χ1n) is 7.26. The largest absolute Gasteiger partial charge is 0.480 e. The van der Waals surface area contributed by atoms with E-state index in [-0.39, 0.29) is 12.5 Å². The zero-order valence-corrected chi connectivity index (χ0v) is 12.0. The highest BCUT2D eigenvalue weighted by Gasteiger charge is 2.22. The summed E-state index contributed by atoms with van der Waals surface area (Å²) < 4.78 is 4.84. The number of carbonyl (C=O) groups is 2. The van der Waals surface area contributed by atoms with E-state index in [4.69, 9.17) is 9.84 Å². The lowest BCUT2D eigenvalue weighted by Crippen LogP contribution is -2.41. The van der Waals surface area contributed by atoms with Gasteiger partial charge < -0.3 is 14.7 Å². The molecule has 0 radical (unpaired) electrons. The summed E-state index contributed by atoms with van der Waals surface area (Å²) in [6.07, 6.45) is 3.03. The minimum absolute atomic E-state index is 0.116. The first-order valence-corrected chi connectivity index (χ1v) is 7.26. The number of carbonyl (C=O) groups excluding carboxylic acids is 1. The van der Waals surface area contributed by atoms with Crippen LogP contribution < -0.4 is 0 Å². The van der Waals surface area contributed by atoms with Crippen LogP contribution in [0.3, 0.4) is 0 Å². The minimum Gasteiger partial charge on any atom is -0.480 e. The molecule has 0 atom stereocenters. The van der Waals surface area contributed by atoms with Gasteiger partial charge in [-0.1, -0.05) is 30.3 Å². The van der Waals surface area contributed by atoms with Crippen LogP contribution in [0.5, 0.6) is 0 Å². The molecule has 0 bridgehead atoms. The molecule has 1 aromatic carbocycles. The van der Waals surface area contributed by atoms with Crippen molar-refractivity contribution in [2.24, 2.45) is 5.92 Å². The number of nitrogens with zero attached hydrogens (tertiary/aromatic N) is 1. The van der Waals surface area contributed by atoms with E-state index in [1.165, 1.54) is 5.56 Å². The Labute approximate surface area is 124 Å². The Bertz CT molecular complexity index is 466. The van der Waals surface area contributed by atoms with Gasteiger partial charge in [-0.15, -0.1) is 0 Å². The van der Waals surface area contributed by atoms with Gasteiger partial charge in [0.2, 0.25) is 5.91 Å². The number of benzene rings is 1. The van der Waals surface area contributed by atoms with Crippen LogP contribution in [0.2, 0.25) is 0 Å². The van der Waals surface area contributed by atoms with Gasteiger partial charge in [-0.3, -0.25) is 4.79 Å². The number of hydrogen-bond acceptors (Lipinski definition) is 3. The molecule has 1 saturated heterocycles. The fourth-order valence-corrected chi connectivity index (χ4v) is 2.65. The lowest BCUT2D eigenvalue weighted by atomic mass is 9.90. The molecule has 0 saturated carbocycles. The SMILES string of the molecule is O=C(O)COCC(=O)N1CCC(Cc2ccccc2)CC1. The Morgan fingerprint density at radius 3 is 2.43 bits per heavy atom. The number of hydrogen-bond donors (Lipinski definition) is 1. The van der Waals surface area contributed by atoms with Gasteiger partial charge in [0.1, 0.15) is 13.2 Å². The van der Waals surface area contributed by atoms with Crippen LogP contribution in [0, 0.1) is 5.92 Å². The molecule has 1 fully saturated rings. The van der Waals surface area contributed by atoms with E-state index in [9.17, 15) is 9.59 Å². The predicted octanol–water partition coefficient (Wildman–Crippen LogP) is 1.57. The molecule has 1 N–H and O–H groups in total. The van der Waals surface area contributed by atoms with Gasteiger partial charge in [-0.05, 0) is 30.7 Å². The summed E-state index contributed by atoms with van der Waals surface area (Å²) in [5.41, 5.74) is 1.34. The van der Waals surface area contributed by atoms with Crippen LogP contribution in [0.1, 0.15) is 18.4 Å². The normalized spacial score (nSPS) is 15.9. The Balaban J connectivity index is 1.70. The Morgan fingerprint density at radius 2 is 1.81 bits per heavy atom. The summed E-state index contributed by atoms with van der Waals surface area (Å²) in [4.78, 5) is 23.9. The lowest BCUT2D eigenvalue weighted by molar-refractivity contribution is -0.146. The van der Waals surface area contributed by atoms with Crippen molar-refractivity contribution in [1.29, 1.82) is 0 Å². The number of carboxylic acids is 1. The third-order valence-corrected chi connectivity index (χ3v) is 3.79. The molecule has 2 rings (SSSR count). The highest BCUT2D eigenvalue weighted by Crippen LogP contribution is 2.21. The van der Waals surface area contributed by atoms with E-state index in [1.54, 1.807) is 4.90 Å². The molecular weight excluding hydrogens is 270 g/mol. The molecule has 0 aliphatic carbocycles. The summed E-state index contributed by atoms with van der Waals surface area (Å²) >= 11 is 0. The van der Waals surface area contributed by atoms with E-state index in [0.29, 0.717) is 5.92 Å². The van der Waals surface area contributed by atoms with Crippen LogP contribution in [-0.4, -0.2) is 48.2 Å². The molecule has 21 heavy (non-hydrogen) atoms. The summed E-state index contributed by atoms with van der Waals surface area (Å²) in [6.45, 7) is 0.894. The van der Waals surface area contributed by atoms with Crippen LogP contribution in [0.15, 0.2) is 30.3 Å². The Kier molecular flexibility index (Phi) is 5.75. The fraction of sp³-hybridized carbons (Fsp3) is 0.500. The van der Waals surface area contributed by atoms with Crippen LogP contribution in [0.4, 0.5) is 0 Å². The summed E-state index contributed by atoms with van der Waals surface area (Å²) in [5.74, 6) is -0.560. The number of aliphatic carboxylic acids is 1. The van der Waals surface area contributed by atoms with Gasteiger partial charge in [0, 0.05) is 13.1 Å². The number of likely N-dealkylation sites (tertiary alicyclic amines) is 1. The van der Waals surface area contributed by atoms with Crippen LogP contribution in [-0.2, 0) is 20.7 Å². The molecule has 114 valence electrons. The second-order valence-corrected chi connectivity index (χ2v) is 5.40. The number of rotatable bonds is 6. The predicted molar refractivity (Wildman–Crippen MR) is 77.9 cm³/mol. The van der Waals surface area contributed by atoms with Crippen molar-refractivity contribution in [1.82, 2.24) is 4.90 Å². The molecule has 1 aliphatic rings. The van der Waals surface area contributed by atoms with Gasteiger partial charge in [0.15, 0.2) is 0 Å². The second kappa shape index (κ2) is 7.78. The van der Waals surface area contributed by atoms with Gasteiger partial charge in [-0.25, -0.2) is 4.79 Å². The third kappa shape index (κ3) is 5.19. The standard InChI is InChI=1S/C16H21NO4/c18-15(11-21-12-16(19)20)17-8-6-14(7-9-17)10-13-4-2-1-3-5-13/h1-5,14H,6-12H2,(H,19,20). The Hall–Kier alpha value is -1.88. The number of ether oxygens (including phenoxy) is 1. The molecular formula is C16H21NO4. The average molecular weight is 291 g/mol. The maximum absolute atomic E-state index is 11.9. The van der Waals surface area contributed by atoms with E-state index in [0.717, 1.165) is 32.4 Å². The van der Waals surface area contributed by atoms with Crippen molar-refractivity contribution in [2.45, 2.75) is 19.3 Å². The first-order chi connectivity index (χ1) is 10.1. The zero-order chi connectivity index (χ0) is 15.1. The topological polar surface area (TPSA) is 66.8 Å². The first kappa shape index (κ1) is 15.5. The smallest absolute Gasteiger partial charge is 0.329 e. The molecule has 1 heterocycles. The van der Waals surface area contributed by atoms with Gasteiger partial charge >= 0.3 is 5.97 Å². The number of carboxylic acid groups (broad SMARTS) is 1. The monoisotopic (exact) mass is 291 g/mol. The molecule has 1 amide bonds. The Morgan fingerprint density at radius 1 is 1.14 bits per heavy atom. The highest BCUT2D eigenvalue weighted by molar-refractivity contribution is 5.78. The van der Waals surface area contributed by atoms with Crippen molar-refractivity contribution in [2.75, 3.05) is 26.3 Å². The second-order valence-electron chi connectivity index (χ2n) is 5.40. The molecule has 0 unspecified atom stereocenters. The van der Waals surface area contributed by atoms with Crippen molar-refractivity contribution in [3.8, 4) is 0 Å². The van der Waals surface area contributed by atoms with Gasteiger partial charge in [0.25, 0.3) is 0 Å². The van der Waals surface area contributed by atoms with E-state index < -0.39 is 12.6 Å². The van der Waals surface area contributed by atoms with Crippen molar-refractivity contribution < 1.29 is 19.4 Å². The fourth-order valence-electron chi connectivity index (χ4n) is 2.65. The van der Waals surface area contributed by atoms with E-state index >= 15 is 0 Å². The average Bonchev–Trinajstić information content (AvgIpc) is 2.48. The summed E-state index contributed by atoms with van der Waals surface area (Å²) in [6, 6.07) is 10.4. The molecule has 1 aliphatic heterocycles. The summed E-state index contributed by atoms with van der Waals surface area (Å²) in [7, 11) is 0. The zero-order valence-electron chi connectivity index (χ0n) is 12.0. The van der Waals surface area contributed by atoms with Crippen molar-refractivity contribution in [3.05, 3.63) is 35.9 Å². The minimum atomic E-state index is -1.05. The third-order valence-electron chi connectivity index (χ3n) is 3.79. The lowest BCUT2D eigenvalue weighted by Gasteiger charge is -2.32. The maximum Gasteiger partial charge on any atom is 0.329 e. The van der Waals surface area contributed by atoms with Crippen molar-refractivity contribution in [3.63, 3.8) is 0 Å². The van der Waals surface area contributed by atoms with E-state index in [2.05, 4.69) is 12.1 Å². The number of amides is 1. The van der Waals surface area contributed by atoms with E-state index in [1.807, 2.05) is 18.2 Å². The quantitative estimate of drug-likeness (QED) is 0.864. The van der Waals surface area contributed by atoms with Crippen molar-refractivity contribution >= 4 is 11.9 Å². The number of piperidine rings is 1. The molecule has 0 aromatic heterocycles. The maximum atomic E-state index is 11.9. The summed E-state index contributed by atoms with van der Waals surface area (Å²) in [5, 5.41) is 8.46. The highest BCUT2D eigenvalue weighted by atomic mass is 16.5.